The second kappa shape index (κ2) is 10.9. The first kappa shape index (κ1) is 26.0. The van der Waals surface area contributed by atoms with Crippen LogP contribution >= 0.6 is 0 Å². The third-order valence-electron chi connectivity index (χ3n) is 5.94. The van der Waals surface area contributed by atoms with Gasteiger partial charge in [-0.05, 0) is 62.9 Å². The minimum Gasteiger partial charge on any atom is -0.444 e. The number of anilines is 2. The molecule has 10 heteroatoms. The average Bonchev–Trinajstić information content (AvgIpc) is 3.33. The highest BCUT2D eigenvalue weighted by Crippen LogP contribution is 2.22. The Balaban J connectivity index is 1.46. The van der Waals surface area contributed by atoms with Crippen molar-refractivity contribution in [2.45, 2.75) is 58.6 Å². The Labute approximate surface area is 217 Å². The molecule has 0 spiro atoms. The lowest BCUT2D eigenvalue weighted by Gasteiger charge is -2.24. The van der Waals surface area contributed by atoms with Crippen molar-refractivity contribution in [1.29, 1.82) is 5.41 Å². The molecule has 1 unspecified atom stereocenters. The van der Waals surface area contributed by atoms with Gasteiger partial charge in [0.2, 0.25) is 0 Å². The van der Waals surface area contributed by atoms with Crippen LogP contribution < -0.4 is 10.6 Å². The molecule has 1 aliphatic rings. The minimum absolute atomic E-state index is 0.0764. The molecule has 10 nitrogen and oxygen atoms in total. The Hall–Kier alpha value is -4.08. The maximum atomic E-state index is 12.3. The highest BCUT2D eigenvalue weighted by atomic mass is 16.6. The molecule has 0 radical (unpaired) electrons. The minimum atomic E-state index is -0.520. The molecule has 1 atom stereocenters. The van der Waals surface area contributed by atoms with Crippen molar-refractivity contribution in [1.82, 2.24) is 30.4 Å². The molecule has 1 aliphatic heterocycles. The molecule has 3 aromatic rings. The third kappa shape index (κ3) is 6.78. The number of aromatic nitrogens is 4. The highest BCUT2D eigenvalue weighted by Gasteiger charge is 2.29. The Kier molecular flexibility index (Phi) is 7.66. The molecular formula is C27H34N8O2. The van der Waals surface area contributed by atoms with Gasteiger partial charge in [0.1, 0.15) is 11.4 Å². The van der Waals surface area contributed by atoms with E-state index in [4.69, 9.17) is 15.1 Å². The van der Waals surface area contributed by atoms with Crippen LogP contribution in [0.3, 0.4) is 0 Å². The second-order valence-corrected chi connectivity index (χ2v) is 10.4. The number of amides is 1. The Morgan fingerprint density at radius 2 is 2.00 bits per heavy atom. The normalized spacial score (nSPS) is 16.2. The van der Waals surface area contributed by atoms with Crippen molar-refractivity contribution >= 4 is 40.6 Å². The first-order chi connectivity index (χ1) is 17.6. The SMILES string of the molecule is CC(C)c1cnnc(Nc2ccc3ncc(/C(C=N)=C/NC4CCN(C(=O)OC(C)(C)C)C4)cc3n2)c1. The van der Waals surface area contributed by atoms with Gasteiger partial charge in [-0.3, -0.25) is 4.98 Å². The molecule has 4 rings (SSSR count). The molecule has 3 N–H and O–H groups in total. The zero-order valence-corrected chi connectivity index (χ0v) is 21.9. The molecule has 0 aromatic carbocycles. The smallest absolute Gasteiger partial charge is 0.410 e. The van der Waals surface area contributed by atoms with E-state index >= 15 is 0 Å². The number of fused-ring (bicyclic) bond motifs is 1. The summed E-state index contributed by atoms with van der Waals surface area (Å²) in [6.07, 6.45) is 7.08. The Morgan fingerprint density at radius 1 is 1.19 bits per heavy atom. The lowest BCUT2D eigenvalue weighted by Crippen LogP contribution is -2.37. The summed E-state index contributed by atoms with van der Waals surface area (Å²) in [7, 11) is 0. The zero-order valence-electron chi connectivity index (χ0n) is 21.9. The van der Waals surface area contributed by atoms with E-state index in [1.54, 1.807) is 23.5 Å². The van der Waals surface area contributed by atoms with Crippen LogP contribution in [0.5, 0.6) is 0 Å². The number of carbonyl (C=O) groups is 1. The number of hydrogen-bond acceptors (Lipinski definition) is 9. The van der Waals surface area contributed by atoms with E-state index in [1.165, 1.54) is 6.21 Å². The third-order valence-corrected chi connectivity index (χ3v) is 5.94. The molecule has 1 fully saturated rings. The maximum absolute atomic E-state index is 12.3. The van der Waals surface area contributed by atoms with E-state index in [9.17, 15) is 4.79 Å². The van der Waals surface area contributed by atoms with Crippen molar-refractivity contribution < 1.29 is 9.53 Å². The lowest BCUT2D eigenvalue weighted by molar-refractivity contribution is 0.0291. The molecule has 1 amide bonds. The van der Waals surface area contributed by atoms with Gasteiger partial charge in [-0.25, -0.2) is 9.78 Å². The summed E-state index contributed by atoms with van der Waals surface area (Å²) in [6, 6.07) is 7.69. The lowest BCUT2D eigenvalue weighted by atomic mass is 10.1. The van der Waals surface area contributed by atoms with Crippen LogP contribution in [-0.4, -0.2) is 62.1 Å². The van der Waals surface area contributed by atoms with Crippen LogP contribution in [0, 0.1) is 5.41 Å². The first-order valence-electron chi connectivity index (χ1n) is 12.4. The summed E-state index contributed by atoms with van der Waals surface area (Å²) >= 11 is 0. The summed E-state index contributed by atoms with van der Waals surface area (Å²) in [5.41, 5.74) is 3.45. The number of hydrogen-bond donors (Lipinski definition) is 3. The molecule has 0 bridgehead atoms. The van der Waals surface area contributed by atoms with E-state index in [0.29, 0.717) is 41.7 Å². The maximum Gasteiger partial charge on any atom is 0.410 e. The molecule has 3 aromatic heterocycles. The van der Waals surface area contributed by atoms with Gasteiger partial charge in [-0.15, -0.1) is 5.10 Å². The van der Waals surface area contributed by atoms with E-state index in [2.05, 4.69) is 39.7 Å². The van der Waals surface area contributed by atoms with E-state index < -0.39 is 5.60 Å². The van der Waals surface area contributed by atoms with E-state index in [0.717, 1.165) is 23.1 Å². The van der Waals surface area contributed by atoms with Crippen molar-refractivity contribution in [3.63, 3.8) is 0 Å². The average molecular weight is 503 g/mol. The quantitative estimate of drug-likeness (QED) is 0.390. The second-order valence-electron chi connectivity index (χ2n) is 10.4. The fraction of sp³-hybridized carbons (Fsp3) is 0.407. The van der Waals surface area contributed by atoms with Gasteiger partial charge in [0, 0.05) is 48.9 Å². The van der Waals surface area contributed by atoms with Gasteiger partial charge in [0.25, 0.3) is 0 Å². The van der Waals surface area contributed by atoms with Gasteiger partial charge in [-0.1, -0.05) is 13.8 Å². The number of nitrogens with one attached hydrogen (secondary N) is 3. The monoisotopic (exact) mass is 502 g/mol. The van der Waals surface area contributed by atoms with Crippen molar-refractivity contribution in [2.75, 3.05) is 18.4 Å². The van der Waals surface area contributed by atoms with Crippen LogP contribution in [0.4, 0.5) is 16.4 Å². The molecular weight excluding hydrogens is 468 g/mol. The molecule has 4 heterocycles. The fourth-order valence-corrected chi connectivity index (χ4v) is 3.93. The first-order valence-corrected chi connectivity index (χ1v) is 12.4. The number of carbonyl (C=O) groups excluding carboxylic acids is 1. The fourth-order valence-electron chi connectivity index (χ4n) is 3.93. The topological polar surface area (TPSA) is 129 Å². The summed E-state index contributed by atoms with van der Waals surface area (Å²) in [6.45, 7) is 11.0. The van der Waals surface area contributed by atoms with Crippen molar-refractivity contribution in [2.24, 2.45) is 0 Å². The Morgan fingerprint density at radius 3 is 2.73 bits per heavy atom. The molecule has 37 heavy (non-hydrogen) atoms. The number of rotatable bonds is 7. The van der Waals surface area contributed by atoms with Gasteiger partial charge >= 0.3 is 6.09 Å². The van der Waals surface area contributed by atoms with Gasteiger partial charge < -0.3 is 25.7 Å². The molecule has 0 aliphatic carbocycles. The predicted molar refractivity (Wildman–Crippen MR) is 145 cm³/mol. The van der Waals surface area contributed by atoms with Gasteiger partial charge in [0.15, 0.2) is 5.82 Å². The zero-order chi connectivity index (χ0) is 26.6. The summed E-state index contributed by atoms with van der Waals surface area (Å²) in [5.74, 6) is 1.61. The highest BCUT2D eigenvalue weighted by molar-refractivity contribution is 6.08. The number of ether oxygens (including phenoxy) is 1. The summed E-state index contributed by atoms with van der Waals surface area (Å²) < 4.78 is 5.47. The summed E-state index contributed by atoms with van der Waals surface area (Å²) in [5, 5.41) is 22.7. The standard InChI is InChI=1S/C27H34N8O2/c1-17(2)18-11-25(34-31-15-18)33-24-7-6-22-23(32-24)10-19(13-30-22)20(12-28)14-29-21-8-9-35(16-21)26(36)37-27(3,4)5/h6-7,10-15,17,21,28-29H,8-9,16H2,1-5H3,(H,32,33,34)/b20-14+,28-12?. The number of pyridine rings is 2. The largest absolute Gasteiger partial charge is 0.444 e. The van der Waals surface area contributed by atoms with Gasteiger partial charge in [-0.2, -0.15) is 5.10 Å². The molecule has 194 valence electrons. The molecule has 1 saturated heterocycles. The van der Waals surface area contributed by atoms with Crippen LogP contribution in [0.2, 0.25) is 0 Å². The van der Waals surface area contributed by atoms with Crippen LogP contribution in [-0.2, 0) is 4.74 Å². The number of likely N-dealkylation sites (tertiary alicyclic amines) is 1. The van der Waals surface area contributed by atoms with E-state index in [1.807, 2.05) is 45.0 Å². The number of allylic oxidation sites excluding steroid dienone is 1. The number of nitrogens with zero attached hydrogens (tertiary/aromatic N) is 5. The Bertz CT molecular complexity index is 1320. The predicted octanol–water partition coefficient (Wildman–Crippen LogP) is 4.88. The van der Waals surface area contributed by atoms with Gasteiger partial charge in [0.05, 0.1) is 17.2 Å². The van der Waals surface area contributed by atoms with Crippen molar-refractivity contribution in [3.8, 4) is 0 Å². The van der Waals surface area contributed by atoms with Crippen LogP contribution in [0.25, 0.3) is 16.6 Å². The summed E-state index contributed by atoms with van der Waals surface area (Å²) in [4.78, 5) is 23.3. The van der Waals surface area contributed by atoms with Crippen LogP contribution in [0.1, 0.15) is 58.1 Å². The van der Waals surface area contributed by atoms with Crippen LogP contribution in [0.15, 0.2) is 42.9 Å². The van der Waals surface area contributed by atoms with Crippen molar-refractivity contribution in [3.05, 3.63) is 54.0 Å². The molecule has 0 saturated carbocycles. The van der Waals surface area contributed by atoms with E-state index in [-0.39, 0.29) is 12.1 Å².